The van der Waals surface area contributed by atoms with Crippen molar-refractivity contribution in [3.63, 3.8) is 0 Å². The van der Waals surface area contributed by atoms with Crippen LogP contribution in [0.2, 0.25) is 0 Å². The van der Waals surface area contributed by atoms with Crippen LogP contribution < -0.4 is 5.32 Å². The first-order chi connectivity index (χ1) is 30.0. The Labute approximate surface area is 375 Å². The lowest BCUT2D eigenvalue weighted by Crippen LogP contribution is -2.64. The minimum absolute atomic E-state index is 0.0389. The average Bonchev–Trinajstić information content (AvgIpc) is 3.28. The Morgan fingerprint density at radius 2 is 1.60 bits per heavy atom. The van der Waals surface area contributed by atoms with Gasteiger partial charge in [-0.3, -0.25) is 14.4 Å². The summed E-state index contributed by atoms with van der Waals surface area (Å²) < 4.78 is 30.4. The van der Waals surface area contributed by atoms with Gasteiger partial charge in [0.1, 0.15) is 24.0 Å². The van der Waals surface area contributed by atoms with Gasteiger partial charge in [0.15, 0.2) is 0 Å². The van der Waals surface area contributed by atoms with Crippen LogP contribution in [0.15, 0.2) is 53.6 Å². The molecule has 1 amide bonds. The summed E-state index contributed by atoms with van der Waals surface area (Å²) in [4.78, 5) is 58.3. The van der Waals surface area contributed by atoms with Crippen LogP contribution in [-0.4, -0.2) is 121 Å². The fourth-order valence-corrected chi connectivity index (χ4v) is 10.5. The minimum Gasteiger partial charge on any atom is -0.456 e. The van der Waals surface area contributed by atoms with Gasteiger partial charge in [-0.05, 0) is 101 Å². The smallest absolute Gasteiger partial charge is 0.329 e. The van der Waals surface area contributed by atoms with E-state index in [-0.39, 0.29) is 55.6 Å². The number of nitrogens with one attached hydrogen (secondary N) is 1. The molecule has 13 heteroatoms. The molecule has 14 unspecified atom stereocenters. The molecule has 0 spiro atoms. The molecule has 3 N–H and O–H groups in total. The van der Waals surface area contributed by atoms with Crippen molar-refractivity contribution in [1.82, 2.24) is 10.2 Å². The van der Waals surface area contributed by atoms with Gasteiger partial charge >= 0.3 is 5.97 Å². The fraction of sp³-hybridized carbons (Fsp3) is 0.720. The molecule has 0 radical (unpaired) electrons. The van der Waals surface area contributed by atoms with Gasteiger partial charge in [-0.15, -0.1) is 0 Å². The van der Waals surface area contributed by atoms with E-state index >= 15 is 0 Å². The predicted octanol–water partition coefficient (Wildman–Crippen LogP) is 6.27. The maximum Gasteiger partial charge on any atom is 0.329 e. The third-order valence-electron chi connectivity index (χ3n) is 14.3. The summed E-state index contributed by atoms with van der Waals surface area (Å²) in [6, 6.07) is 9.27. The van der Waals surface area contributed by atoms with Crippen molar-refractivity contribution in [2.75, 3.05) is 27.9 Å². The van der Waals surface area contributed by atoms with Crippen LogP contribution in [0.3, 0.4) is 0 Å². The van der Waals surface area contributed by atoms with E-state index in [1.54, 1.807) is 35.2 Å². The quantitative estimate of drug-likeness (QED) is 0.145. The summed E-state index contributed by atoms with van der Waals surface area (Å²) in [5, 5.41) is 27.6. The van der Waals surface area contributed by atoms with E-state index in [1.807, 2.05) is 45.0 Å². The molecule has 13 nitrogen and oxygen atoms in total. The number of aliphatic hydroxyl groups is 2. The molecule has 3 heterocycles. The summed E-state index contributed by atoms with van der Waals surface area (Å²) in [6.07, 6.45) is 5.52. The first-order valence-corrected chi connectivity index (χ1v) is 23.4. The average molecular weight is 881 g/mol. The van der Waals surface area contributed by atoms with Crippen LogP contribution in [0.25, 0.3) is 0 Å². The van der Waals surface area contributed by atoms with Crippen molar-refractivity contribution in [3.8, 4) is 0 Å². The maximum absolute atomic E-state index is 14.5. The van der Waals surface area contributed by atoms with Crippen LogP contribution in [0.1, 0.15) is 118 Å². The van der Waals surface area contributed by atoms with Crippen LogP contribution in [0.4, 0.5) is 0 Å². The molecule has 0 aromatic heterocycles. The number of ketones is 2. The lowest BCUT2D eigenvalue weighted by molar-refractivity contribution is -0.302. The molecule has 14 atom stereocenters. The number of amides is 1. The van der Waals surface area contributed by atoms with Gasteiger partial charge in [0, 0.05) is 64.6 Å². The summed E-state index contributed by atoms with van der Waals surface area (Å²) in [5.41, 5.74) is 2.93. The number of carbonyl (C=O) groups is 4. The molecule has 3 aliphatic heterocycles. The molecule has 63 heavy (non-hydrogen) atoms. The Balaban J connectivity index is 1.47. The van der Waals surface area contributed by atoms with E-state index in [0.717, 1.165) is 37.0 Å². The van der Waals surface area contributed by atoms with Crippen LogP contribution >= 0.6 is 0 Å². The lowest BCUT2D eigenvalue weighted by atomic mass is 9.80. The standard InChI is InChI=1S/C50H76N2O11/c1-10-37-23-30(2)22-31(3)24-43(60-8)46-44(61-9)26-33(5)50(58,63-46)47(55)48(56)52-21-15-14-18-39(52)49(57)62-45(34(6)40(53)28-41(37)54)32(4)25-36-19-20-38(42(27-36)59-7)51-29-35-16-12-11-13-17-35/h11-13,16-17,23,25,31,33-34,36-40,42-46,51,53,58H,10,14-15,18-22,24,26-29H2,1-9H3. The first-order valence-electron chi connectivity index (χ1n) is 23.4. The zero-order valence-electron chi connectivity index (χ0n) is 39.3. The van der Waals surface area contributed by atoms with Gasteiger partial charge in [-0.2, -0.15) is 0 Å². The second kappa shape index (κ2) is 23.2. The molecule has 1 aliphatic carbocycles. The van der Waals surface area contributed by atoms with E-state index in [9.17, 15) is 29.4 Å². The molecular weight excluding hydrogens is 805 g/mol. The van der Waals surface area contributed by atoms with Crippen LogP contribution in [-0.2, 0) is 49.4 Å². The van der Waals surface area contributed by atoms with Crippen molar-refractivity contribution in [3.05, 3.63) is 59.2 Å². The van der Waals surface area contributed by atoms with E-state index in [1.165, 1.54) is 10.5 Å². The summed E-state index contributed by atoms with van der Waals surface area (Å²) in [6.45, 7) is 12.2. The van der Waals surface area contributed by atoms with Gasteiger partial charge in [0.05, 0.1) is 24.4 Å². The monoisotopic (exact) mass is 881 g/mol. The van der Waals surface area contributed by atoms with E-state index < -0.39 is 77.8 Å². The SMILES string of the molecule is CCC1C=C(C)CC(C)CC(OC)C2OC(O)(C(=O)C(=O)N3CCCCC3C(=O)OC(C(C)=CC3CCC(NCc4ccccc4)C(OC)C3)C(C)C(O)CC1=O)C(C)CC2OC. The predicted molar refractivity (Wildman–Crippen MR) is 239 cm³/mol. The molecule has 1 saturated carbocycles. The lowest BCUT2D eigenvalue weighted by Gasteiger charge is -2.47. The van der Waals surface area contributed by atoms with Crippen molar-refractivity contribution >= 4 is 23.4 Å². The number of Topliss-reactive ketones (excluding diaryl/α,β-unsaturated/α-hetero) is 2. The Kier molecular flexibility index (Phi) is 18.7. The van der Waals surface area contributed by atoms with Crippen LogP contribution in [0.5, 0.6) is 0 Å². The summed E-state index contributed by atoms with van der Waals surface area (Å²) in [7, 11) is 4.81. The van der Waals surface area contributed by atoms with E-state index in [0.29, 0.717) is 32.1 Å². The number of rotatable bonds is 9. The number of piperidine rings is 1. The highest BCUT2D eigenvalue weighted by Crippen LogP contribution is 2.39. The molecule has 2 bridgehead atoms. The second-order valence-corrected chi connectivity index (χ2v) is 19.1. The maximum atomic E-state index is 14.5. The van der Waals surface area contributed by atoms with Gasteiger partial charge < -0.3 is 44.1 Å². The summed E-state index contributed by atoms with van der Waals surface area (Å²) in [5.74, 6) is -7.30. The number of hydrogen-bond donors (Lipinski definition) is 3. The Morgan fingerprint density at radius 1 is 0.921 bits per heavy atom. The molecule has 1 aromatic rings. The normalized spacial score (nSPS) is 37.4. The molecular formula is C50H76N2O11. The molecule has 3 fully saturated rings. The molecule has 352 valence electrons. The summed E-state index contributed by atoms with van der Waals surface area (Å²) >= 11 is 0. The fourth-order valence-electron chi connectivity index (χ4n) is 10.5. The van der Waals surface area contributed by atoms with Crippen molar-refractivity contribution in [1.29, 1.82) is 0 Å². The Bertz CT molecular complexity index is 1750. The number of nitrogens with zero attached hydrogens (tertiary/aromatic N) is 1. The number of esters is 1. The first kappa shape index (κ1) is 50.7. The highest BCUT2D eigenvalue weighted by molar-refractivity contribution is 6.39. The number of methoxy groups -OCH3 is 3. The molecule has 4 aliphatic rings. The number of fused-ring (bicyclic) bond motifs is 3. The molecule has 2 saturated heterocycles. The number of ether oxygens (including phenoxy) is 5. The van der Waals surface area contributed by atoms with Crippen molar-refractivity contribution in [2.45, 2.75) is 173 Å². The number of hydrogen-bond acceptors (Lipinski definition) is 12. The van der Waals surface area contributed by atoms with Gasteiger partial charge in [0.25, 0.3) is 11.7 Å². The molecule has 5 rings (SSSR count). The molecule has 1 aromatic carbocycles. The van der Waals surface area contributed by atoms with Gasteiger partial charge in [-0.25, -0.2) is 4.79 Å². The topological polar surface area (TPSA) is 170 Å². The van der Waals surface area contributed by atoms with Crippen LogP contribution in [0, 0.1) is 29.6 Å². The number of allylic oxidation sites excluding steroid dienone is 3. The third-order valence-corrected chi connectivity index (χ3v) is 14.3. The number of cyclic esters (lactones) is 1. The zero-order chi connectivity index (χ0) is 46.0. The number of benzene rings is 1. The highest BCUT2D eigenvalue weighted by atomic mass is 16.7. The largest absolute Gasteiger partial charge is 0.456 e. The highest BCUT2D eigenvalue weighted by Gasteiger charge is 2.56. The second-order valence-electron chi connectivity index (χ2n) is 19.1. The van der Waals surface area contributed by atoms with Gasteiger partial charge in [-0.1, -0.05) is 75.8 Å². The third kappa shape index (κ3) is 12.5. The van der Waals surface area contributed by atoms with Gasteiger partial charge in [0.2, 0.25) is 5.79 Å². The number of aliphatic hydroxyl groups excluding tert-OH is 1. The number of carbonyl (C=O) groups excluding carboxylic acids is 4. The van der Waals surface area contributed by atoms with Crippen molar-refractivity contribution < 1.29 is 53.1 Å². The zero-order valence-corrected chi connectivity index (χ0v) is 39.3. The van der Waals surface area contributed by atoms with Crippen molar-refractivity contribution in [2.24, 2.45) is 29.6 Å². The van der Waals surface area contributed by atoms with E-state index in [2.05, 4.69) is 30.4 Å². The van der Waals surface area contributed by atoms with E-state index in [4.69, 9.17) is 23.7 Å². The Hall–Kier alpha value is -3.30. The Morgan fingerprint density at radius 3 is 2.27 bits per heavy atom. The minimum atomic E-state index is -2.50.